The van der Waals surface area contributed by atoms with Gasteiger partial charge >= 0.3 is 0 Å². The summed E-state index contributed by atoms with van der Waals surface area (Å²) in [5.74, 6) is -0.766. The molecule has 0 fully saturated rings. The zero-order chi connectivity index (χ0) is 29.7. The van der Waals surface area contributed by atoms with Gasteiger partial charge in [-0.1, -0.05) is 71.6 Å². The van der Waals surface area contributed by atoms with E-state index in [0.29, 0.717) is 31.9 Å². The molecule has 1 N–H and O–H groups in total. The predicted molar refractivity (Wildman–Crippen MR) is 170 cm³/mol. The van der Waals surface area contributed by atoms with Crippen molar-refractivity contribution >= 4 is 52.1 Å². The molecule has 4 aromatic carbocycles. The van der Waals surface area contributed by atoms with Gasteiger partial charge in [-0.15, -0.1) is 0 Å². The minimum absolute atomic E-state index is 0.261. The largest absolute Gasteiger partial charge is 0.343 e. The van der Waals surface area contributed by atoms with Crippen LogP contribution in [0.3, 0.4) is 0 Å². The summed E-state index contributed by atoms with van der Waals surface area (Å²) in [6.45, 7) is 1.77. The number of hydrogen-bond donors (Lipinski definition) is 1. The molecule has 0 aliphatic carbocycles. The minimum Gasteiger partial charge on any atom is -0.343 e. The Hall–Kier alpha value is -4.73. The number of fused-ring (bicyclic) bond motifs is 3. The Morgan fingerprint density at radius 3 is 2.44 bits per heavy atom. The molecule has 1 aromatic heterocycles. The standard InChI is InChI=1S/C34H25FN4O2S2/c1-20-30(32(40)37-24-8-4-3-5-9-24)31(22-13-15-23(35)16-14-22)39-33(41)29(43-34(39)36-20)19-21-12-17-26-28(18-21)42-27-11-7-6-10-25(27)38(26)2/h3-19,31H,1-2H3,(H,37,40)/b29-19+/t31-/m1/s1. The van der Waals surface area contributed by atoms with Gasteiger partial charge < -0.3 is 10.2 Å². The molecule has 3 heterocycles. The van der Waals surface area contributed by atoms with Crippen molar-refractivity contribution < 1.29 is 9.18 Å². The number of hydrogen-bond acceptors (Lipinski definition) is 6. The van der Waals surface area contributed by atoms with E-state index in [0.717, 1.165) is 21.8 Å². The van der Waals surface area contributed by atoms with Crippen LogP contribution in [-0.2, 0) is 4.79 Å². The summed E-state index contributed by atoms with van der Waals surface area (Å²) < 4.78 is 16.0. The lowest BCUT2D eigenvalue weighted by Crippen LogP contribution is -2.40. The summed E-state index contributed by atoms with van der Waals surface area (Å²) in [6, 6.07) is 28.7. The molecule has 2 aliphatic heterocycles. The highest BCUT2D eigenvalue weighted by atomic mass is 32.2. The van der Waals surface area contributed by atoms with Crippen LogP contribution in [0.5, 0.6) is 0 Å². The summed E-state index contributed by atoms with van der Waals surface area (Å²) in [4.78, 5) is 37.4. The molecule has 0 saturated heterocycles. The van der Waals surface area contributed by atoms with Gasteiger partial charge in [-0.2, -0.15) is 0 Å². The lowest BCUT2D eigenvalue weighted by Gasteiger charge is -2.29. The first-order chi connectivity index (χ1) is 20.9. The van der Waals surface area contributed by atoms with E-state index in [-0.39, 0.29) is 11.5 Å². The highest BCUT2D eigenvalue weighted by Crippen LogP contribution is 2.47. The van der Waals surface area contributed by atoms with Gasteiger partial charge in [0.05, 0.1) is 33.2 Å². The lowest BCUT2D eigenvalue weighted by molar-refractivity contribution is -0.113. The van der Waals surface area contributed by atoms with Crippen molar-refractivity contribution in [1.29, 1.82) is 0 Å². The fourth-order valence-electron chi connectivity index (χ4n) is 5.49. The van der Waals surface area contributed by atoms with Gasteiger partial charge in [-0.3, -0.25) is 14.2 Å². The molecule has 43 heavy (non-hydrogen) atoms. The van der Waals surface area contributed by atoms with Gasteiger partial charge in [0.25, 0.3) is 11.5 Å². The molecule has 9 heteroatoms. The van der Waals surface area contributed by atoms with E-state index in [9.17, 15) is 14.0 Å². The Balaban J connectivity index is 1.32. The van der Waals surface area contributed by atoms with Crippen molar-refractivity contribution in [3.05, 3.63) is 145 Å². The maximum atomic E-state index is 14.0. The third kappa shape index (κ3) is 4.90. The summed E-state index contributed by atoms with van der Waals surface area (Å²) in [5.41, 5.74) is 4.97. The first-order valence-corrected chi connectivity index (χ1v) is 15.3. The molecule has 7 rings (SSSR count). The summed E-state index contributed by atoms with van der Waals surface area (Å²) in [7, 11) is 2.05. The van der Waals surface area contributed by atoms with Crippen molar-refractivity contribution in [3.8, 4) is 0 Å². The Morgan fingerprint density at radius 2 is 1.65 bits per heavy atom. The zero-order valence-electron chi connectivity index (χ0n) is 23.2. The van der Waals surface area contributed by atoms with E-state index in [1.165, 1.54) is 28.4 Å². The summed E-state index contributed by atoms with van der Waals surface area (Å²) in [5, 5.41) is 2.93. The van der Waals surface area contributed by atoms with E-state index in [1.54, 1.807) is 47.5 Å². The molecule has 1 atom stereocenters. The Kier molecular flexibility index (Phi) is 6.83. The number of benzene rings is 4. The van der Waals surface area contributed by atoms with Crippen LogP contribution >= 0.6 is 23.1 Å². The van der Waals surface area contributed by atoms with Gasteiger partial charge in [0.2, 0.25) is 0 Å². The Labute approximate surface area is 255 Å². The van der Waals surface area contributed by atoms with Crippen LogP contribution in [0.1, 0.15) is 24.1 Å². The molecule has 0 unspecified atom stereocenters. The van der Waals surface area contributed by atoms with Crippen LogP contribution in [0.25, 0.3) is 6.08 Å². The maximum Gasteiger partial charge on any atom is 0.271 e. The van der Waals surface area contributed by atoms with Gasteiger partial charge in [0.15, 0.2) is 4.80 Å². The average Bonchev–Trinajstić information content (AvgIpc) is 3.31. The molecular formula is C34H25FN4O2S2. The Bertz CT molecular complexity index is 2120. The topological polar surface area (TPSA) is 66.7 Å². The molecule has 6 nitrogen and oxygen atoms in total. The zero-order valence-corrected chi connectivity index (χ0v) is 24.9. The molecule has 0 spiro atoms. The maximum absolute atomic E-state index is 14.0. The number of halogens is 1. The van der Waals surface area contributed by atoms with Crippen LogP contribution in [0.2, 0.25) is 0 Å². The van der Waals surface area contributed by atoms with Gasteiger partial charge in [0, 0.05) is 22.5 Å². The Morgan fingerprint density at radius 1 is 0.930 bits per heavy atom. The van der Waals surface area contributed by atoms with Crippen LogP contribution in [0.4, 0.5) is 21.5 Å². The quantitative estimate of drug-likeness (QED) is 0.264. The molecular weight excluding hydrogens is 580 g/mol. The second-order valence-corrected chi connectivity index (χ2v) is 12.4. The normalized spacial score (nSPS) is 15.8. The predicted octanol–water partition coefficient (Wildman–Crippen LogP) is 6.25. The van der Waals surface area contributed by atoms with E-state index < -0.39 is 11.9 Å². The second-order valence-electron chi connectivity index (χ2n) is 10.3. The van der Waals surface area contributed by atoms with Crippen LogP contribution in [0, 0.1) is 5.82 Å². The van der Waals surface area contributed by atoms with Crippen molar-refractivity contribution in [3.63, 3.8) is 0 Å². The highest BCUT2D eigenvalue weighted by molar-refractivity contribution is 7.99. The van der Waals surface area contributed by atoms with E-state index in [2.05, 4.69) is 41.5 Å². The minimum atomic E-state index is -0.771. The third-order valence-corrected chi connectivity index (χ3v) is 9.67. The third-order valence-electron chi connectivity index (χ3n) is 7.57. The SMILES string of the molecule is CC1=C(C(=O)Nc2ccccc2)[C@@H](c2ccc(F)cc2)n2c(s/c(=C/c3ccc4c(c3)Sc3ccccc3N4C)c2=O)=N1. The van der Waals surface area contributed by atoms with Crippen molar-refractivity contribution in [2.45, 2.75) is 22.8 Å². The number of nitrogens with zero attached hydrogens (tertiary/aromatic N) is 3. The van der Waals surface area contributed by atoms with E-state index in [1.807, 2.05) is 42.5 Å². The molecule has 212 valence electrons. The number of thiazole rings is 1. The van der Waals surface area contributed by atoms with Gasteiger partial charge in [0.1, 0.15) is 5.82 Å². The smallest absolute Gasteiger partial charge is 0.271 e. The molecule has 5 aromatic rings. The van der Waals surface area contributed by atoms with Crippen molar-refractivity contribution in [2.75, 3.05) is 17.3 Å². The number of para-hydroxylation sites is 2. The number of anilines is 3. The fourth-order valence-corrected chi connectivity index (χ4v) is 7.74. The first kappa shape index (κ1) is 27.1. The van der Waals surface area contributed by atoms with Gasteiger partial charge in [-0.25, -0.2) is 9.38 Å². The second kappa shape index (κ2) is 10.8. The number of amides is 1. The number of nitrogens with one attached hydrogen (secondary N) is 1. The molecule has 0 bridgehead atoms. The van der Waals surface area contributed by atoms with E-state index >= 15 is 0 Å². The number of carbonyl (C=O) groups is 1. The molecule has 2 aliphatic rings. The first-order valence-electron chi connectivity index (χ1n) is 13.7. The number of carbonyl (C=O) groups excluding carboxylic acids is 1. The number of aromatic nitrogens is 1. The molecule has 1 amide bonds. The summed E-state index contributed by atoms with van der Waals surface area (Å²) >= 11 is 2.98. The number of allylic oxidation sites excluding steroid dienone is 1. The average molecular weight is 605 g/mol. The molecule has 0 radical (unpaired) electrons. The fraction of sp³-hybridized carbons (Fsp3) is 0.0882. The van der Waals surface area contributed by atoms with Crippen LogP contribution in [-0.4, -0.2) is 17.5 Å². The van der Waals surface area contributed by atoms with Gasteiger partial charge in [-0.05, 0) is 72.7 Å². The van der Waals surface area contributed by atoms with Crippen LogP contribution in [0.15, 0.2) is 128 Å². The van der Waals surface area contributed by atoms with E-state index in [4.69, 9.17) is 4.99 Å². The summed E-state index contributed by atoms with van der Waals surface area (Å²) in [6.07, 6.45) is 1.87. The number of rotatable bonds is 4. The molecule has 0 saturated carbocycles. The van der Waals surface area contributed by atoms with Crippen molar-refractivity contribution in [2.24, 2.45) is 4.99 Å². The van der Waals surface area contributed by atoms with Crippen LogP contribution < -0.4 is 25.1 Å². The van der Waals surface area contributed by atoms with Crippen molar-refractivity contribution in [1.82, 2.24) is 4.57 Å². The monoisotopic (exact) mass is 604 g/mol. The highest BCUT2D eigenvalue weighted by Gasteiger charge is 2.32. The lowest BCUT2D eigenvalue weighted by atomic mass is 9.95.